The number of carbonyl (C=O) groups is 2. The molecule has 148 valence electrons. The molecule has 1 atom stereocenters. The van der Waals surface area contributed by atoms with Crippen molar-refractivity contribution in [3.8, 4) is 17.2 Å². The standard InChI is InChI=1S/C21H24N2O5/c1-13-10-17(20(24)22-7-3-4-15(12-22)21(25)26)14(2)23(13)16-5-6-18-19(11-16)28-9-8-27-18/h5-6,10-11,15H,3-4,7-9,12H2,1-2H3,(H,25,26). The molecule has 2 aliphatic rings. The molecule has 1 fully saturated rings. The molecule has 1 saturated heterocycles. The predicted octanol–water partition coefficient (Wildman–Crippen LogP) is 2.80. The van der Waals surface area contributed by atoms with E-state index in [0.29, 0.717) is 43.9 Å². The van der Waals surface area contributed by atoms with E-state index in [1.54, 1.807) is 4.90 Å². The Morgan fingerprint density at radius 1 is 1.11 bits per heavy atom. The summed E-state index contributed by atoms with van der Waals surface area (Å²) in [6.07, 6.45) is 1.33. The van der Waals surface area contributed by atoms with Gasteiger partial charge in [0.05, 0.1) is 11.5 Å². The van der Waals surface area contributed by atoms with Crippen LogP contribution in [0, 0.1) is 19.8 Å². The Hall–Kier alpha value is -2.96. The molecule has 1 aromatic heterocycles. The van der Waals surface area contributed by atoms with Crippen LogP contribution in [0.15, 0.2) is 24.3 Å². The van der Waals surface area contributed by atoms with E-state index in [9.17, 15) is 14.7 Å². The second-order valence-electron chi connectivity index (χ2n) is 7.38. The molecule has 28 heavy (non-hydrogen) atoms. The van der Waals surface area contributed by atoms with Crippen LogP contribution in [0.4, 0.5) is 0 Å². The number of carboxylic acids is 1. The molecule has 7 heteroatoms. The molecule has 0 saturated carbocycles. The van der Waals surface area contributed by atoms with Gasteiger partial charge in [-0.25, -0.2) is 0 Å². The second kappa shape index (κ2) is 7.22. The largest absolute Gasteiger partial charge is 0.486 e. The van der Waals surface area contributed by atoms with Gasteiger partial charge in [-0.05, 0) is 44.9 Å². The molecule has 0 spiro atoms. The minimum absolute atomic E-state index is 0.108. The second-order valence-corrected chi connectivity index (χ2v) is 7.38. The van der Waals surface area contributed by atoms with Gasteiger partial charge in [0, 0.05) is 36.2 Å². The van der Waals surface area contributed by atoms with Crippen molar-refractivity contribution in [1.29, 1.82) is 0 Å². The summed E-state index contributed by atoms with van der Waals surface area (Å²) >= 11 is 0. The lowest BCUT2D eigenvalue weighted by Gasteiger charge is -2.30. The van der Waals surface area contributed by atoms with E-state index in [1.165, 1.54) is 0 Å². The average molecular weight is 384 g/mol. The molecule has 4 rings (SSSR count). The number of benzene rings is 1. The molecule has 2 aliphatic heterocycles. The quantitative estimate of drug-likeness (QED) is 0.880. The highest BCUT2D eigenvalue weighted by atomic mass is 16.6. The van der Waals surface area contributed by atoms with Crippen LogP contribution in [0.3, 0.4) is 0 Å². The van der Waals surface area contributed by atoms with Gasteiger partial charge in [0.1, 0.15) is 13.2 Å². The Bertz CT molecular complexity index is 933. The van der Waals surface area contributed by atoms with Gasteiger partial charge in [0.2, 0.25) is 0 Å². The summed E-state index contributed by atoms with van der Waals surface area (Å²) in [5.74, 6) is -0.00711. The van der Waals surface area contributed by atoms with Gasteiger partial charge in [0.15, 0.2) is 11.5 Å². The Morgan fingerprint density at radius 2 is 1.86 bits per heavy atom. The fourth-order valence-corrected chi connectivity index (χ4v) is 4.08. The lowest BCUT2D eigenvalue weighted by molar-refractivity contribution is -0.143. The number of amides is 1. The number of likely N-dealkylation sites (tertiary alicyclic amines) is 1. The van der Waals surface area contributed by atoms with Gasteiger partial charge in [-0.1, -0.05) is 0 Å². The highest BCUT2D eigenvalue weighted by Crippen LogP contribution is 2.33. The van der Waals surface area contributed by atoms with E-state index in [1.807, 2.05) is 42.7 Å². The lowest BCUT2D eigenvalue weighted by atomic mass is 9.97. The van der Waals surface area contributed by atoms with Crippen molar-refractivity contribution in [3.63, 3.8) is 0 Å². The number of nitrogens with zero attached hydrogens (tertiary/aromatic N) is 2. The number of fused-ring (bicyclic) bond motifs is 1. The van der Waals surface area contributed by atoms with Crippen LogP contribution < -0.4 is 9.47 Å². The number of piperidine rings is 1. The van der Waals surface area contributed by atoms with Crippen LogP contribution in [0.2, 0.25) is 0 Å². The maximum Gasteiger partial charge on any atom is 0.308 e. The number of carbonyl (C=O) groups excluding carboxylic acids is 1. The summed E-state index contributed by atoms with van der Waals surface area (Å²) in [4.78, 5) is 26.1. The summed E-state index contributed by atoms with van der Waals surface area (Å²) in [6, 6.07) is 7.62. The number of hydrogen-bond donors (Lipinski definition) is 1. The number of carboxylic acid groups (broad SMARTS) is 1. The van der Waals surface area contributed by atoms with Gasteiger partial charge < -0.3 is 24.0 Å². The number of rotatable bonds is 3. The third-order valence-corrected chi connectivity index (χ3v) is 5.50. The summed E-state index contributed by atoms with van der Waals surface area (Å²) < 4.78 is 13.3. The molecule has 1 amide bonds. The lowest BCUT2D eigenvalue weighted by Crippen LogP contribution is -2.42. The molecular formula is C21H24N2O5. The SMILES string of the molecule is Cc1cc(C(=O)N2CCCC(C(=O)O)C2)c(C)n1-c1ccc2c(c1)OCCO2. The number of aromatic nitrogens is 1. The monoisotopic (exact) mass is 384 g/mol. The highest BCUT2D eigenvalue weighted by molar-refractivity contribution is 5.96. The fourth-order valence-electron chi connectivity index (χ4n) is 4.08. The summed E-state index contributed by atoms with van der Waals surface area (Å²) in [7, 11) is 0. The summed E-state index contributed by atoms with van der Waals surface area (Å²) in [6.45, 7) is 5.79. The molecular weight excluding hydrogens is 360 g/mol. The first-order valence-electron chi connectivity index (χ1n) is 9.56. The molecule has 0 bridgehead atoms. The number of aliphatic carboxylic acids is 1. The third-order valence-electron chi connectivity index (χ3n) is 5.50. The molecule has 2 aromatic rings. The molecule has 0 radical (unpaired) electrons. The zero-order chi connectivity index (χ0) is 19.8. The zero-order valence-corrected chi connectivity index (χ0v) is 16.1. The van der Waals surface area contributed by atoms with Crippen LogP contribution in [0.1, 0.15) is 34.6 Å². The normalized spacial score (nSPS) is 18.8. The van der Waals surface area contributed by atoms with Crippen molar-refractivity contribution < 1.29 is 24.2 Å². The average Bonchev–Trinajstić information content (AvgIpc) is 3.01. The van der Waals surface area contributed by atoms with E-state index in [-0.39, 0.29) is 12.5 Å². The Balaban J connectivity index is 1.64. The molecule has 1 unspecified atom stereocenters. The van der Waals surface area contributed by atoms with Gasteiger partial charge in [-0.15, -0.1) is 0 Å². The minimum Gasteiger partial charge on any atom is -0.486 e. The van der Waals surface area contributed by atoms with Crippen molar-refractivity contribution >= 4 is 11.9 Å². The van der Waals surface area contributed by atoms with Crippen LogP contribution in [0.5, 0.6) is 11.5 Å². The van der Waals surface area contributed by atoms with Gasteiger partial charge in [-0.2, -0.15) is 0 Å². The predicted molar refractivity (Wildman–Crippen MR) is 102 cm³/mol. The van der Waals surface area contributed by atoms with Crippen molar-refractivity contribution in [3.05, 3.63) is 41.2 Å². The number of ether oxygens (including phenoxy) is 2. The van der Waals surface area contributed by atoms with E-state index in [0.717, 1.165) is 22.8 Å². The van der Waals surface area contributed by atoms with Gasteiger partial charge in [-0.3, -0.25) is 9.59 Å². The van der Waals surface area contributed by atoms with Crippen LogP contribution in [0.25, 0.3) is 5.69 Å². The Kier molecular flexibility index (Phi) is 4.75. The van der Waals surface area contributed by atoms with E-state index in [4.69, 9.17) is 9.47 Å². The third kappa shape index (κ3) is 3.21. The maximum absolute atomic E-state index is 13.1. The molecule has 1 N–H and O–H groups in total. The minimum atomic E-state index is -0.834. The van der Waals surface area contributed by atoms with Crippen molar-refractivity contribution in [1.82, 2.24) is 9.47 Å². The maximum atomic E-state index is 13.1. The van der Waals surface area contributed by atoms with Gasteiger partial charge >= 0.3 is 5.97 Å². The highest BCUT2D eigenvalue weighted by Gasteiger charge is 2.30. The first kappa shape index (κ1) is 18.4. The topological polar surface area (TPSA) is 81.0 Å². The van der Waals surface area contributed by atoms with Crippen molar-refractivity contribution in [2.24, 2.45) is 5.92 Å². The smallest absolute Gasteiger partial charge is 0.308 e. The number of aryl methyl sites for hydroxylation is 1. The van der Waals surface area contributed by atoms with Crippen LogP contribution in [-0.2, 0) is 4.79 Å². The molecule has 7 nitrogen and oxygen atoms in total. The van der Waals surface area contributed by atoms with Crippen LogP contribution in [-0.4, -0.2) is 52.8 Å². The first-order chi connectivity index (χ1) is 13.5. The Morgan fingerprint density at radius 3 is 2.61 bits per heavy atom. The van der Waals surface area contributed by atoms with Crippen LogP contribution >= 0.6 is 0 Å². The van der Waals surface area contributed by atoms with E-state index < -0.39 is 11.9 Å². The van der Waals surface area contributed by atoms with Crippen molar-refractivity contribution in [2.45, 2.75) is 26.7 Å². The van der Waals surface area contributed by atoms with Gasteiger partial charge in [0.25, 0.3) is 5.91 Å². The Labute approximate surface area is 163 Å². The molecule has 0 aliphatic carbocycles. The molecule has 3 heterocycles. The summed E-state index contributed by atoms with van der Waals surface area (Å²) in [5, 5.41) is 9.29. The number of hydrogen-bond acceptors (Lipinski definition) is 4. The summed E-state index contributed by atoms with van der Waals surface area (Å²) in [5.41, 5.74) is 3.28. The first-order valence-corrected chi connectivity index (χ1v) is 9.56. The van der Waals surface area contributed by atoms with Crippen molar-refractivity contribution in [2.75, 3.05) is 26.3 Å². The molecule has 1 aromatic carbocycles. The zero-order valence-electron chi connectivity index (χ0n) is 16.1. The van der Waals surface area contributed by atoms with E-state index >= 15 is 0 Å². The van der Waals surface area contributed by atoms with E-state index in [2.05, 4.69) is 0 Å². The fraction of sp³-hybridized carbons (Fsp3) is 0.429.